The number of hydrogen-bond acceptors (Lipinski definition) is 4. The molecule has 7 heteroatoms. The highest BCUT2D eigenvalue weighted by molar-refractivity contribution is 5.93. The summed E-state index contributed by atoms with van der Waals surface area (Å²) in [5.74, 6) is 0.186. The molecule has 1 aliphatic heterocycles. The van der Waals surface area contributed by atoms with E-state index in [4.69, 9.17) is 5.73 Å². The molecule has 0 aromatic carbocycles. The van der Waals surface area contributed by atoms with Gasteiger partial charge in [-0.1, -0.05) is 0 Å². The van der Waals surface area contributed by atoms with E-state index in [0.29, 0.717) is 37.8 Å². The van der Waals surface area contributed by atoms with Crippen LogP contribution in [0.15, 0.2) is 12.3 Å². The first-order valence-electron chi connectivity index (χ1n) is 6.90. The highest BCUT2D eigenvalue weighted by Crippen LogP contribution is 2.21. The number of nitrogens with zero attached hydrogens (tertiary/aromatic N) is 3. The monoisotopic (exact) mass is 280 g/mol. The highest BCUT2D eigenvalue weighted by Gasteiger charge is 2.27. The summed E-state index contributed by atoms with van der Waals surface area (Å²) < 4.78 is 1.63. The lowest BCUT2D eigenvalue weighted by atomic mass is 9.98. The summed E-state index contributed by atoms with van der Waals surface area (Å²) in [6.45, 7) is 4.29. The van der Waals surface area contributed by atoms with Gasteiger partial charge in [0.25, 0.3) is 11.6 Å². The van der Waals surface area contributed by atoms with Gasteiger partial charge in [-0.25, -0.2) is 0 Å². The summed E-state index contributed by atoms with van der Waals surface area (Å²) in [5.41, 5.74) is 6.02. The average molecular weight is 280 g/mol. The molecule has 0 radical (unpaired) electrons. The first-order chi connectivity index (χ1) is 9.56. The number of rotatable bonds is 4. The number of carbonyl (C=O) groups is 1. The van der Waals surface area contributed by atoms with Gasteiger partial charge in [0.15, 0.2) is 0 Å². The van der Waals surface area contributed by atoms with Gasteiger partial charge in [0.05, 0.1) is 11.1 Å². The molecule has 1 unspecified atom stereocenters. The summed E-state index contributed by atoms with van der Waals surface area (Å²) in [6, 6.07) is 1.36. The van der Waals surface area contributed by atoms with Gasteiger partial charge in [0, 0.05) is 25.7 Å². The molecular formula is C13H20N4O3. The van der Waals surface area contributed by atoms with E-state index in [9.17, 15) is 14.9 Å². The molecule has 1 atom stereocenters. The van der Waals surface area contributed by atoms with E-state index in [1.165, 1.54) is 12.3 Å². The average Bonchev–Trinajstić information content (AvgIpc) is 2.91. The summed E-state index contributed by atoms with van der Waals surface area (Å²) in [7, 11) is 0. The molecule has 1 amide bonds. The second-order valence-corrected chi connectivity index (χ2v) is 5.12. The summed E-state index contributed by atoms with van der Waals surface area (Å²) in [4.78, 5) is 24.6. The van der Waals surface area contributed by atoms with Crippen LogP contribution in [0, 0.1) is 16.0 Å². The number of amides is 1. The zero-order chi connectivity index (χ0) is 14.7. The van der Waals surface area contributed by atoms with Crippen LogP contribution in [-0.4, -0.2) is 39.9 Å². The normalized spacial score (nSPS) is 19.1. The van der Waals surface area contributed by atoms with E-state index in [2.05, 4.69) is 0 Å². The van der Waals surface area contributed by atoms with Gasteiger partial charge in [-0.2, -0.15) is 0 Å². The molecule has 1 aromatic heterocycles. The molecule has 0 bridgehead atoms. The molecule has 2 N–H and O–H groups in total. The maximum atomic E-state index is 12.5. The van der Waals surface area contributed by atoms with Crippen LogP contribution in [0.5, 0.6) is 0 Å². The van der Waals surface area contributed by atoms with Gasteiger partial charge in [-0.3, -0.25) is 14.9 Å². The van der Waals surface area contributed by atoms with Crippen LogP contribution < -0.4 is 5.73 Å². The van der Waals surface area contributed by atoms with Crippen molar-refractivity contribution in [2.24, 2.45) is 11.7 Å². The smallest absolute Gasteiger partial charge is 0.287 e. The maximum Gasteiger partial charge on any atom is 0.287 e. The molecule has 1 aromatic rings. The lowest BCUT2D eigenvalue weighted by Gasteiger charge is -2.32. The molecule has 0 spiro atoms. The fourth-order valence-corrected chi connectivity index (χ4v) is 2.64. The second kappa shape index (κ2) is 6.04. The van der Waals surface area contributed by atoms with Crippen molar-refractivity contribution in [3.05, 3.63) is 28.1 Å². The van der Waals surface area contributed by atoms with Crippen LogP contribution in [0.4, 0.5) is 5.69 Å². The van der Waals surface area contributed by atoms with Crippen molar-refractivity contribution in [1.29, 1.82) is 0 Å². The predicted molar refractivity (Wildman–Crippen MR) is 74.4 cm³/mol. The number of nitro groups is 1. The van der Waals surface area contributed by atoms with Gasteiger partial charge >= 0.3 is 0 Å². The Labute approximate surface area is 117 Å². The van der Waals surface area contributed by atoms with Gasteiger partial charge in [-0.15, -0.1) is 0 Å². The number of likely N-dealkylation sites (tertiary alicyclic amines) is 1. The third-order valence-corrected chi connectivity index (χ3v) is 3.79. The Morgan fingerprint density at radius 2 is 2.35 bits per heavy atom. The van der Waals surface area contributed by atoms with Crippen LogP contribution in [0.3, 0.4) is 0 Å². The number of aromatic nitrogens is 1. The molecular weight excluding hydrogens is 260 g/mol. The van der Waals surface area contributed by atoms with Gasteiger partial charge in [0.2, 0.25) is 0 Å². The van der Waals surface area contributed by atoms with Gasteiger partial charge in [-0.05, 0) is 32.2 Å². The molecule has 7 nitrogen and oxygen atoms in total. The molecule has 0 saturated carbocycles. The zero-order valence-electron chi connectivity index (χ0n) is 11.6. The lowest BCUT2D eigenvalue weighted by Crippen LogP contribution is -2.42. The quantitative estimate of drug-likeness (QED) is 0.663. The summed E-state index contributed by atoms with van der Waals surface area (Å²) in [5, 5.41) is 10.8. The van der Waals surface area contributed by atoms with E-state index in [-0.39, 0.29) is 11.6 Å². The van der Waals surface area contributed by atoms with Crippen LogP contribution >= 0.6 is 0 Å². The lowest BCUT2D eigenvalue weighted by molar-refractivity contribution is -0.384. The van der Waals surface area contributed by atoms with Crippen LogP contribution in [0.2, 0.25) is 0 Å². The molecule has 1 fully saturated rings. The van der Waals surface area contributed by atoms with Crippen LogP contribution in [0.1, 0.15) is 30.3 Å². The third kappa shape index (κ3) is 2.82. The Balaban J connectivity index is 2.21. The van der Waals surface area contributed by atoms with E-state index >= 15 is 0 Å². The van der Waals surface area contributed by atoms with Crippen molar-refractivity contribution in [1.82, 2.24) is 9.47 Å². The van der Waals surface area contributed by atoms with Crippen molar-refractivity contribution in [2.75, 3.05) is 19.6 Å². The van der Waals surface area contributed by atoms with Crippen LogP contribution in [0.25, 0.3) is 0 Å². The van der Waals surface area contributed by atoms with Gasteiger partial charge in [0.1, 0.15) is 5.69 Å². The minimum absolute atomic E-state index is 0.0393. The van der Waals surface area contributed by atoms with E-state index in [1.54, 1.807) is 9.47 Å². The van der Waals surface area contributed by atoms with E-state index in [0.717, 1.165) is 12.8 Å². The number of hydrogen-bond donors (Lipinski definition) is 1. The molecule has 110 valence electrons. The largest absolute Gasteiger partial charge is 0.337 e. The Morgan fingerprint density at radius 1 is 1.60 bits per heavy atom. The Bertz CT molecular complexity index is 512. The highest BCUT2D eigenvalue weighted by atomic mass is 16.6. The van der Waals surface area contributed by atoms with Gasteiger partial charge < -0.3 is 15.2 Å². The Kier molecular flexibility index (Phi) is 4.39. The van der Waals surface area contributed by atoms with Crippen molar-refractivity contribution in [2.45, 2.75) is 26.3 Å². The Hall–Kier alpha value is -1.89. The standard InChI is InChI=1S/C13H20N4O3/c1-2-15-9-11(17(19)20)6-12(15)13(18)16-5-3-4-10(7-14)8-16/h6,9-10H,2-5,7-8,14H2,1H3. The zero-order valence-corrected chi connectivity index (χ0v) is 11.6. The molecule has 20 heavy (non-hydrogen) atoms. The van der Waals surface area contributed by atoms with Crippen molar-refractivity contribution < 1.29 is 9.72 Å². The molecule has 0 aliphatic carbocycles. The van der Waals surface area contributed by atoms with Crippen molar-refractivity contribution in [3.8, 4) is 0 Å². The predicted octanol–water partition coefficient (Wildman–Crippen LogP) is 1.23. The number of piperidine rings is 1. The first-order valence-corrected chi connectivity index (χ1v) is 6.90. The van der Waals surface area contributed by atoms with E-state index < -0.39 is 4.92 Å². The third-order valence-electron chi connectivity index (χ3n) is 3.79. The molecule has 2 rings (SSSR count). The molecule has 1 saturated heterocycles. The maximum absolute atomic E-state index is 12.5. The molecule has 1 aliphatic rings. The number of carbonyl (C=O) groups excluding carboxylic acids is 1. The summed E-state index contributed by atoms with van der Waals surface area (Å²) in [6.07, 6.45) is 3.38. The number of nitrogens with two attached hydrogens (primary N) is 1. The van der Waals surface area contributed by atoms with E-state index in [1.807, 2.05) is 6.92 Å². The number of aryl methyl sites for hydroxylation is 1. The minimum Gasteiger partial charge on any atom is -0.337 e. The van der Waals surface area contributed by atoms with Crippen LogP contribution in [-0.2, 0) is 6.54 Å². The first kappa shape index (κ1) is 14.5. The summed E-state index contributed by atoms with van der Waals surface area (Å²) >= 11 is 0. The van der Waals surface area contributed by atoms with Crippen molar-refractivity contribution >= 4 is 11.6 Å². The topological polar surface area (TPSA) is 94.4 Å². The fourth-order valence-electron chi connectivity index (χ4n) is 2.64. The Morgan fingerprint density at radius 3 is 2.95 bits per heavy atom. The van der Waals surface area contributed by atoms with Crippen molar-refractivity contribution in [3.63, 3.8) is 0 Å². The molecule has 2 heterocycles. The minimum atomic E-state index is -0.470. The second-order valence-electron chi connectivity index (χ2n) is 5.12. The SMILES string of the molecule is CCn1cc([N+](=O)[O-])cc1C(=O)N1CCCC(CN)C1. The fraction of sp³-hybridized carbons (Fsp3) is 0.615.